The van der Waals surface area contributed by atoms with Gasteiger partial charge in [-0.1, -0.05) is 0 Å². The van der Waals surface area contributed by atoms with Gasteiger partial charge in [0.15, 0.2) is 52.2 Å². The lowest BCUT2D eigenvalue weighted by Crippen LogP contribution is -2.34. The Hall–Kier alpha value is -5.58. The first kappa shape index (κ1) is 56.2. The average molecular weight is 1110 g/mol. The molecule has 9 rings (SSSR count). The van der Waals surface area contributed by atoms with E-state index in [0.717, 1.165) is 20.0 Å². The average Bonchev–Trinajstić information content (AvgIpc) is 4.17. The topological polar surface area (TPSA) is 608 Å². The third kappa shape index (κ3) is 11.2. The number of nitrogens with one attached hydrogen (secondary N) is 1. The molecule has 3 saturated heterocycles. The second-order valence-corrected chi connectivity index (χ2v) is 20.1. The summed E-state index contributed by atoms with van der Waals surface area (Å²) in [6, 6.07) is 0. The van der Waals surface area contributed by atoms with Crippen LogP contribution in [-0.4, -0.2) is 173 Å². The van der Waals surface area contributed by atoms with Gasteiger partial charge in [0.1, 0.15) is 54.9 Å². The van der Waals surface area contributed by atoms with Crippen LogP contribution in [0, 0.1) is 0 Å². The van der Waals surface area contributed by atoms with Crippen molar-refractivity contribution in [1.29, 1.82) is 0 Å². The minimum Gasteiger partial charge on any atom is -0.790 e. The number of aliphatic hydroxyl groups is 8. The number of nitrogens with two attached hydrogens (primary N) is 3. The van der Waals surface area contributed by atoms with E-state index in [4.69, 9.17) is 41.6 Å². The summed E-state index contributed by atoms with van der Waals surface area (Å²) >= 11 is 0. The van der Waals surface area contributed by atoms with Crippen molar-refractivity contribution in [3.8, 4) is 0 Å². The summed E-state index contributed by atoms with van der Waals surface area (Å²) in [7, 11) is -15.4. The Balaban J connectivity index is 0.000000170. The zero-order valence-corrected chi connectivity index (χ0v) is 40.1. The van der Waals surface area contributed by atoms with Crippen LogP contribution in [0.1, 0.15) is 18.7 Å². The molecule has 39 nitrogen and oxygen atoms in total. The normalized spacial score (nSPS) is 28.7. The van der Waals surface area contributed by atoms with E-state index in [-0.39, 0.29) is 51.3 Å². The predicted octanol–water partition coefficient (Wildman–Crippen LogP) is -10.2. The first-order chi connectivity index (χ1) is 34.5. The SMILES string of the molecule is Cn1c(N)nc2c(ncn2[C@@H]2O[C@H](CO)C(O)[C@@H]2O)c1=O.Cn1c(N)nc2c(ncn2[C@@H]2O[C@H](COP(=O)([O-])OP(=O)([O-])OP(=O)([O-])[O-])[C@H](O)C2O)c1=O.Nc1nc2c(ncn2[C@@H]2O[C@H](CO)C(O)[C@@H]2O)c(=O)[nH]1. The molecular weight excluding hydrogens is 1070 g/mol. The zero-order valence-electron chi connectivity index (χ0n) is 37.4. The summed E-state index contributed by atoms with van der Waals surface area (Å²) < 4.78 is 65.6. The Morgan fingerprint density at radius 2 is 0.973 bits per heavy atom. The van der Waals surface area contributed by atoms with Gasteiger partial charge in [0.25, 0.3) is 32.3 Å². The Bertz CT molecular complexity index is 3380. The Morgan fingerprint density at radius 3 is 1.36 bits per heavy atom. The molecule has 0 aromatic carbocycles. The molecular formula is C32H42N15O24P3-4. The molecule has 5 unspecified atom stereocenters. The second kappa shape index (κ2) is 21.2. The molecule has 0 saturated carbocycles. The van der Waals surface area contributed by atoms with Crippen LogP contribution in [0.5, 0.6) is 0 Å². The molecule has 0 radical (unpaired) electrons. The number of nitrogen functional groups attached to an aromatic ring is 3. The number of hydrogen-bond acceptors (Lipinski definition) is 33. The molecule has 0 aliphatic carbocycles. The van der Waals surface area contributed by atoms with E-state index in [1.54, 1.807) is 0 Å². The first-order valence-corrected chi connectivity index (χ1v) is 25.0. The standard InChI is InChI=1S/C11H18N5O14P3.C11H15N5O5.C10H13N5O5/c1-15-9(19)5-8(14-11(15)12)16(3-13-5)10-7(18)6(17)4(28-10)2-27-32(23,24)30-33(25,26)29-31(20,21)22;1-15-9(20)5-8(14-11(15)12)16(3-13-5)10-7(19)6(18)4(2-17)21-10;11-10-13-7-4(8(19)14-10)12-2-15(7)9-6(18)5(17)3(1-16)20-9/h3-4,6-7,10,17-18H,2H2,1H3,(H2,12,14)(H,23,24)(H,25,26)(H2,20,21,22);3-4,6-7,10,17-19H,2H2,1H3,(H2,12,14);2-3,5-6,9,16-18H,1H2,(H3,11,13,14,19)/p-4/t4-,6+,7?,10-;4-,6?,7+,10-;3-,5?,6+,9-/m111/s1. The van der Waals surface area contributed by atoms with Crippen molar-refractivity contribution in [2.75, 3.05) is 37.0 Å². The third-order valence-corrected chi connectivity index (χ3v) is 14.8. The first-order valence-electron chi connectivity index (χ1n) is 20.6. The molecule has 6 aromatic rings. The summed E-state index contributed by atoms with van der Waals surface area (Å²) in [6.45, 7) is -2.03. The van der Waals surface area contributed by atoms with Gasteiger partial charge < -0.3 is 101 Å². The molecule has 3 fully saturated rings. The van der Waals surface area contributed by atoms with Gasteiger partial charge >= 0.3 is 0 Å². The van der Waals surface area contributed by atoms with Gasteiger partial charge in [0.2, 0.25) is 17.8 Å². The van der Waals surface area contributed by atoms with Crippen molar-refractivity contribution in [3.05, 3.63) is 50.0 Å². The number of ether oxygens (including phenoxy) is 3. The molecule has 3 aliphatic rings. The van der Waals surface area contributed by atoms with Crippen LogP contribution in [0.3, 0.4) is 0 Å². The van der Waals surface area contributed by atoms with Crippen molar-refractivity contribution in [2.24, 2.45) is 14.1 Å². The molecule has 6 aromatic heterocycles. The smallest absolute Gasteiger partial charge is 0.282 e. The molecule has 0 bridgehead atoms. The van der Waals surface area contributed by atoms with E-state index in [2.05, 4.69) is 48.0 Å². The molecule has 42 heteroatoms. The number of imidazole rings is 3. The van der Waals surface area contributed by atoms with Crippen molar-refractivity contribution in [3.63, 3.8) is 0 Å². The maximum atomic E-state index is 12.2. The number of aromatic nitrogens is 12. The molecule has 15 N–H and O–H groups in total. The summed E-state index contributed by atoms with van der Waals surface area (Å²) in [5.74, 6) is -0.325. The molecule has 0 amide bonds. The summed E-state index contributed by atoms with van der Waals surface area (Å²) in [6.07, 6.45) is -12.0. The van der Waals surface area contributed by atoms with E-state index in [1.807, 2.05) is 0 Å². The number of phosphoric acid groups is 3. The number of aliphatic hydroxyl groups excluding tert-OH is 8. The Morgan fingerprint density at radius 1 is 0.595 bits per heavy atom. The van der Waals surface area contributed by atoms with E-state index < -0.39 is 134 Å². The van der Waals surface area contributed by atoms with Crippen LogP contribution in [0.25, 0.3) is 33.5 Å². The van der Waals surface area contributed by atoms with Gasteiger partial charge in [0, 0.05) is 14.1 Å². The van der Waals surface area contributed by atoms with Gasteiger partial charge in [-0.15, -0.1) is 0 Å². The molecule has 408 valence electrons. The van der Waals surface area contributed by atoms with Crippen LogP contribution in [0.4, 0.5) is 17.8 Å². The number of H-pyrrole nitrogens is 1. The Kier molecular flexibility index (Phi) is 16.1. The molecule has 74 heavy (non-hydrogen) atoms. The molecule has 3 aliphatic heterocycles. The van der Waals surface area contributed by atoms with E-state index in [9.17, 15) is 78.3 Å². The van der Waals surface area contributed by atoms with Crippen molar-refractivity contribution in [2.45, 2.75) is 73.6 Å². The highest BCUT2D eigenvalue weighted by Crippen LogP contribution is 2.60. The maximum Gasteiger partial charge on any atom is 0.282 e. The monoisotopic (exact) mass is 1110 g/mol. The van der Waals surface area contributed by atoms with E-state index in [1.165, 1.54) is 35.9 Å². The van der Waals surface area contributed by atoms with Gasteiger partial charge in [-0.2, -0.15) is 15.0 Å². The minimum absolute atomic E-state index is 0.0130. The van der Waals surface area contributed by atoms with E-state index >= 15 is 0 Å². The van der Waals surface area contributed by atoms with Crippen molar-refractivity contribution < 1.29 is 101 Å². The lowest BCUT2D eigenvalue weighted by molar-refractivity contribution is -0.339. The number of nitrogens with zero attached hydrogens (tertiary/aromatic N) is 11. The third-order valence-electron chi connectivity index (χ3n) is 11.1. The number of aromatic amines is 1. The number of fused-ring (bicyclic) bond motifs is 3. The lowest BCUT2D eigenvalue weighted by atomic mass is 10.1. The van der Waals surface area contributed by atoms with Crippen molar-refractivity contribution >= 4 is 74.8 Å². The van der Waals surface area contributed by atoms with Crippen LogP contribution in [0.2, 0.25) is 0 Å². The van der Waals surface area contributed by atoms with Crippen LogP contribution >= 0.6 is 23.5 Å². The van der Waals surface area contributed by atoms with Gasteiger partial charge in [-0.25, -0.2) is 19.3 Å². The van der Waals surface area contributed by atoms with Gasteiger partial charge in [-0.3, -0.25) is 55.6 Å². The van der Waals surface area contributed by atoms with E-state index in [0.29, 0.717) is 0 Å². The highest BCUT2D eigenvalue weighted by atomic mass is 31.3. The van der Waals surface area contributed by atoms with Crippen LogP contribution in [0.15, 0.2) is 33.4 Å². The molecule has 9 heterocycles. The fourth-order valence-corrected chi connectivity index (χ4v) is 10.3. The summed E-state index contributed by atoms with van der Waals surface area (Å²) in [5.41, 5.74) is 15.3. The zero-order chi connectivity index (χ0) is 54.7. The summed E-state index contributed by atoms with van der Waals surface area (Å²) in [5, 5.41) is 78.0. The predicted molar refractivity (Wildman–Crippen MR) is 230 cm³/mol. The van der Waals surface area contributed by atoms with Gasteiger partial charge in [0.05, 0.1) is 46.6 Å². The maximum absolute atomic E-state index is 12.2. The lowest BCUT2D eigenvalue weighted by Gasteiger charge is -2.37. The van der Waals surface area contributed by atoms with Crippen LogP contribution < -0.4 is 53.5 Å². The quantitative estimate of drug-likeness (QED) is 0.0506. The number of rotatable bonds is 12. The Labute approximate surface area is 408 Å². The van der Waals surface area contributed by atoms with Crippen molar-refractivity contribution in [1.82, 2.24) is 57.7 Å². The second-order valence-electron chi connectivity index (χ2n) is 15.9. The van der Waals surface area contributed by atoms with Crippen LogP contribution in [-0.2, 0) is 55.1 Å². The highest BCUT2D eigenvalue weighted by molar-refractivity contribution is 7.64. The number of anilines is 3. The fourth-order valence-electron chi connectivity index (χ4n) is 7.39. The highest BCUT2D eigenvalue weighted by Gasteiger charge is 2.47. The summed E-state index contributed by atoms with van der Waals surface area (Å²) in [4.78, 5) is 105. The number of phosphoric ester groups is 1. The molecule has 14 atom stereocenters. The molecule has 0 spiro atoms. The minimum atomic E-state index is -6.17. The largest absolute Gasteiger partial charge is 0.790 e. The fraction of sp³-hybridized carbons (Fsp3) is 0.531. The van der Waals surface area contributed by atoms with Gasteiger partial charge in [-0.05, 0) is 0 Å². The number of hydrogen-bond donors (Lipinski definition) is 12.